The fraction of sp³-hybridized carbons (Fsp3) is 0.0714. The number of rotatable bonds is 4. The average Bonchev–Trinajstić information content (AvgIpc) is 2.43. The predicted molar refractivity (Wildman–Crippen MR) is 76.9 cm³/mol. The van der Waals surface area contributed by atoms with Gasteiger partial charge in [-0.05, 0) is 42.5 Å². The summed E-state index contributed by atoms with van der Waals surface area (Å²) in [5, 5.41) is 2.88. The van der Waals surface area contributed by atoms with Crippen LogP contribution in [0.4, 0.5) is 20.2 Å². The Morgan fingerprint density at radius 1 is 1.19 bits per heavy atom. The summed E-state index contributed by atoms with van der Waals surface area (Å²) in [6.45, 7) is -2.89. The first-order valence-electron chi connectivity index (χ1n) is 5.87. The molecule has 0 aliphatic rings. The molecule has 2 aromatic carbocycles. The first-order valence-corrected chi connectivity index (χ1v) is 6.25. The number of hydrogen-bond acceptors (Lipinski definition) is 3. The van der Waals surface area contributed by atoms with Crippen LogP contribution in [0.3, 0.4) is 0 Å². The Labute approximate surface area is 124 Å². The molecule has 1 amide bonds. The Bertz CT molecular complexity index is 648. The lowest BCUT2D eigenvalue weighted by atomic mass is 10.2. The molecule has 0 aromatic heterocycles. The van der Waals surface area contributed by atoms with Crippen LogP contribution in [0.15, 0.2) is 42.5 Å². The lowest BCUT2D eigenvalue weighted by molar-refractivity contribution is -0.0498. The van der Waals surface area contributed by atoms with E-state index in [1.807, 2.05) is 0 Å². The number of alkyl halides is 2. The second-order valence-electron chi connectivity index (χ2n) is 4.09. The minimum atomic E-state index is -2.89. The Balaban J connectivity index is 2.06. The molecule has 3 N–H and O–H groups in total. The van der Waals surface area contributed by atoms with Crippen molar-refractivity contribution in [3.8, 4) is 5.75 Å². The van der Waals surface area contributed by atoms with E-state index in [1.54, 1.807) is 0 Å². The van der Waals surface area contributed by atoms with Gasteiger partial charge in [-0.25, -0.2) is 0 Å². The Kier molecular flexibility index (Phi) is 4.59. The smallest absolute Gasteiger partial charge is 0.387 e. The molecule has 0 saturated heterocycles. The molecule has 0 aliphatic carbocycles. The van der Waals surface area contributed by atoms with Crippen molar-refractivity contribution in [1.29, 1.82) is 0 Å². The molecule has 0 saturated carbocycles. The van der Waals surface area contributed by atoms with Crippen LogP contribution in [0, 0.1) is 0 Å². The van der Waals surface area contributed by atoms with Gasteiger partial charge in [0.2, 0.25) is 0 Å². The van der Waals surface area contributed by atoms with Crippen molar-refractivity contribution < 1.29 is 18.3 Å². The van der Waals surface area contributed by atoms with Crippen LogP contribution in [0.2, 0.25) is 5.02 Å². The molecule has 0 fully saturated rings. The normalized spacial score (nSPS) is 10.5. The quantitative estimate of drug-likeness (QED) is 0.845. The maximum atomic E-state index is 12.0. The monoisotopic (exact) mass is 312 g/mol. The minimum Gasteiger partial charge on any atom is -0.435 e. The molecule has 2 rings (SSSR count). The van der Waals surface area contributed by atoms with Gasteiger partial charge in [-0.2, -0.15) is 8.78 Å². The molecule has 0 heterocycles. The largest absolute Gasteiger partial charge is 0.435 e. The molecule has 0 bridgehead atoms. The number of nitrogens with one attached hydrogen (secondary N) is 1. The maximum absolute atomic E-state index is 12.0. The summed E-state index contributed by atoms with van der Waals surface area (Å²) in [5.41, 5.74) is 6.71. The highest BCUT2D eigenvalue weighted by molar-refractivity contribution is 6.33. The van der Waals surface area contributed by atoms with Gasteiger partial charge in [0.05, 0.1) is 10.7 Å². The van der Waals surface area contributed by atoms with E-state index in [9.17, 15) is 13.6 Å². The van der Waals surface area contributed by atoms with E-state index >= 15 is 0 Å². The number of ether oxygens (including phenoxy) is 1. The standard InChI is InChI=1S/C14H11ClF2N2O2/c15-11-7-8(1-6-12(11)18)13(20)19-9-2-4-10(5-3-9)21-14(16)17/h1-7,14H,18H2,(H,19,20). The van der Waals surface area contributed by atoms with Crippen LogP contribution < -0.4 is 15.8 Å². The third kappa shape index (κ3) is 4.06. The summed E-state index contributed by atoms with van der Waals surface area (Å²) in [7, 11) is 0. The third-order valence-electron chi connectivity index (χ3n) is 2.60. The van der Waals surface area contributed by atoms with E-state index in [0.29, 0.717) is 16.9 Å². The molecule has 0 spiro atoms. The van der Waals surface area contributed by atoms with Gasteiger partial charge in [-0.3, -0.25) is 4.79 Å². The highest BCUT2D eigenvalue weighted by atomic mass is 35.5. The lowest BCUT2D eigenvalue weighted by Gasteiger charge is -2.08. The molecule has 0 atom stereocenters. The summed E-state index contributed by atoms with van der Waals surface area (Å²) in [6.07, 6.45) is 0. The van der Waals surface area contributed by atoms with Gasteiger partial charge in [0.15, 0.2) is 0 Å². The van der Waals surface area contributed by atoms with Crippen molar-refractivity contribution in [1.82, 2.24) is 0 Å². The maximum Gasteiger partial charge on any atom is 0.387 e. The summed E-state index contributed by atoms with van der Waals surface area (Å²) >= 11 is 5.84. The highest BCUT2D eigenvalue weighted by Crippen LogP contribution is 2.21. The number of nitrogen functional groups attached to an aromatic ring is 1. The predicted octanol–water partition coefficient (Wildman–Crippen LogP) is 3.78. The SMILES string of the molecule is Nc1ccc(C(=O)Nc2ccc(OC(F)F)cc2)cc1Cl. The van der Waals surface area contributed by atoms with Gasteiger partial charge in [-0.15, -0.1) is 0 Å². The second-order valence-corrected chi connectivity index (χ2v) is 4.50. The van der Waals surface area contributed by atoms with Crippen LogP contribution in [-0.2, 0) is 0 Å². The zero-order valence-electron chi connectivity index (χ0n) is 10.6. The fourth-order valence-electron chi connectivity index (χ4n) is 1.59. The Hall–Kier alpha value is -2.34. The van der Waals surface area contributed by atoms with Crippen molar-refractivity contribution in [2.45, 2.75) is 6.61 Å². The fourth-order valence-corrected chi connectivity index (χ4v) is 1.77. The van der Waals surface area contributed by atoms with Gasteiger partial charge in [0.25, 0.3) is 5.91 Å². The van der Waals surface area contributed by atoms with Crippen molar-refractivity contribution >= 4 is 28.9 Å². The molecular formula is C14H11ClF2N2O2. The van der Waals surface area contributed by atoms with E-state index in [1.165, 1.54) is 42.5 Å². The summed E-state index contributed by atoms with van der Waals surface area (Å²) in [4.78, 5) is 12.0. The lowest BCUT2D eigenvalue weighted by Crippen LogP contribution is -2.12. The van der Waals surface area contributed by atoms with Crippen molar-refractivity contribution in [3.05, 3.63) is 53.1 Å². The molecule has 0 unspecified atom stereocenters. The molecule has 0 radical (unpaired) electrons. The summed E-state index contributed by atoms with van der Waals surface area (Å²) in [5.74, 6) is -0.377. The topological polar surface area (TPSA) is 64.4 Å². The van der Waals surface area contributed by atoms with Gasteiger partial charge in [0.1, 0.15) is 5.75 Å². The number of hydrogen-bond donors (Lipinski definition) is 2. The van der Waals surface area contributed by atoms with Crippen LogP contribution in [-0.4, -0.2) is 12.5 Å². The van der Waals surface area contributed by atoms with Crippen LogP contribution >= 0.6 is 11.6 Å². The summed E-state index contributed by atoms with van der Waals surface area (Å²) < 4.78 is 28.2. The first kappa shape index (κ1) is 15.1. The average molecular weight is 313 g/mol. The molecule has 4 nitrogen and oxygen atoms in total. The highest BCUT2D eigenvalue weighted by Gasteiger charge is 2.09. The third-order valence-corrected chi connectivity index (χ3v) is 2.93. The van der Waals surface area contributed by atoms with Gasteiger partial charge in [0, 0.05) is 11.3 Å². The number of benzene rings is 2. The number of halogens is 3. The van der Waals surface area contributed by atoms with Gasteiger partial charge < -0.3 is 15.8 Å². The van der Waals surface area contributed by atoms with Crippen molar-refractivity contribution in [3.63, 3.8) is 0 Å². The minimum absolute atomic E-state index is 0.0125. The number of amides is 1. The zero-order chi connectivity index (χ0) is 15.4. The Morgan fingerprint density at radius 2 is 1.86 bits per heavy atom. The molecular weight excluding hydrogens is 302 g/mol. The Morgan fingerprint density at radius 3 is 2.43 bits per heavy atom. The van der Waals surface area contributed by atoms with Crippen molar-refractivity contribution in [2.24, 2.45) is 0 Å². The van der Waals surface area contributed by atoms with Crippen LogP contribution in [0.5, 0.6) is 5.75 Å². The van der Waals surface area contributed by atoms with E-state index < -0.39 is 6.61 Å². The van der Waals surface area contributed by atoms with Crippen LogP contribution in [0.1, 0.15) is 10.4 Å². The van der Waals surface area contributed by atoms with E-state index in [2.05, 4.69) is 10.1 Å². The van der Waals surface area contributed by atoms with E-state index in [-0.39, 0.29) is 16.7 Å². The van der Waals surface area contributed by atoms with Gasteiger partial charge in [-0.1, -0.05) is 11.6 Å². The molecule has 21 heavy (non-hydrogen) atoms. The summed E-state index contributed by atoms with van der Waals surface area (Å²) in [6, 6.07) is 10.1. The van der Waals surface area contributed by atoms with Crippen LogP contribution in [0.25, 0.3) is 0 Å². The molecule has 110 valence electrons. The molecule has 0 aliphatic heterocycles. The molecule has 2 aromatic rings. The van der Waals surface area contributed by atoms with E-state index in [0.717, 1.165) is 0 Å². The molecule has 7 heteroatoms. The zero-order valence-corrected chi connectivity index (χ0v) is 11.4. The number of anilines is 2. The van der Waals surface area contributed by atoms with Gasteiger partial charge >= 0.3 is 6.61 Å². The van der Waals surface area contributed by atoms with E-state index in [4.69, 9.17) is 17.3 Å². The van der Waals surface area contributed by atoms with Crippen molar-refractivity contribution in [2.75, 3.05) is 11.1 Å². The second kappa shape index (κ2) is 6.41. The number of carbonyl (C=O) groups excluding carboxylic acids is 1. The first-order chi connectivity index (χ1) is 9.95. The number of nitrogens with two attached hydrogens (primary N) is 1. The number of carbonyl (C=O) groups is 1.